The first kappa shape index (κ1) is 14.4. The number of furan rings is 1. The molecule has 0 atom stereocenters. The van der Waals surface area contributed by atoms with Crippen molar-refractivity contribution in [1.29, 1.82) is 0 Å². The van der Waals surface area contributed by atoms with Crippen molar-refractivity contribution in [2.75, 3.05) is 6.61 Å². The van der Waals surface area contributed by atoms with Crippen molar-refractivity contribution in [3.8, 4) is 5.88 Å². The molecule has 0 spiro atoms. The number of nitrogens with one attached hydrogen (secondary N) is 1. The van der Waals surface area contributed by atoms with Crippen LogP contribution in [0.1, 0.15) is 11.3 Å². The smallest absolute Gasteiger partial charge is 0.422 e. The van der Waals surface area contributed by atoms with E-state index in [1.807, 2.05) is 0 Å². The van der Waals surface area contributed by atoms with Crippen LogP contribution >= 0.6 is 0 Å². The highest BCUT2D eigenvalue weighted by molar-refractivity contribution is 5.25. The van der Waals surface area contributed by atoms with Crippen molar-refractivity contribution in [1.82, 2.24) is 10.3 Å². The quantitative estimate of drug-likeness (QED) is 0.887. The Labute approximate surface area is 113 Å². The van der Waals surface area contributed by atoms with Gasteiger partial charge in [-0.3, -0.25) is 0 Å². The number of halogens is 3. The Morgan fingerprint density at radius 3 is 2.75 bits per heavy atom. The first-order valence-electron chi connectivity index (χ1n) is 5.91. The first-order valence-corrected chi connectivity index (χ1v) is 5.91. The van der Waals surface area contributed by atoms with E-state index >= 15 is 0 Å². The van der Waals surface area contributed by atoms with Crippen LogP contribution in [-0.4, -0.2) is 17.8 Å². The Hall–Kier alpha value is -2.02. The zero-order valence-corrected chi connectivity index (χ0v) is 10.5. The van der Waals surface area contributed by atoms with Crippen molar-refractivity contribution < 1.29 is 22.3 Å². The monoisotopic (exact) mass is 286 g/mol. The topological polar surface area (TPSA) is 47.3 Å². The molecule has 2 rings (SSSR count). The predicted molar refractivity (Wildman–Crippen MR) is 65.0 cm³/mol. The van der Waals surface area contributed by atoms with Gasteiger partial charge in [0.05, 0.1) is 12.8 Å². The fourth-order valence-electron chi connectivity index (χ4n) is 1.57. The molecule has 0 fully saturated rings. The minimum Gasteiger partial charge on any atom is -0.468 e. The van der Waals surface area contributed by atoms with Crippen LogP contribution in [0.15, 0.2) is 41.1 Å². The van der Waals surface area contributed by atoms with Crippen LogP contribution in [0.4, 0.5) is 13.2 Å². The van der Waals surface area contributed by atoms with Gasteiger partial charge in [-0.15, -0.1) is 0 Å². The van der Waals surface area contributed by atoms with Gasteiger partial charge in [-0.25, -0.2) is 4.98 Å². The second-order valence-electron chi connectivity index (χ2n) is 4.05. The van der Waals surface area contributed by atoms with Crippen LogP contribution in [0, 0.1) is 0 Å². The average molecular weight is 286 g/mol. The summed E-state index contributed by atoms with van der Waals surface area (Å²) in [7, 11) is 0. The van der Waals surface area contributed by atoms with Gasteiger partial charge < -0.3 is 14.5 Å². The van der Waals surface area contributed by atoms with Crippen LogP contribution in [-0.2, 0) is 13.1 Å². The largest absolute Gasteiger partial charge is 0.468 e. The van der Waals surface area contributed by atoms with Gasteiger partial charge in [0.15, 0.2) is 6.61 Å². The first-order chi connectivity index (χ1) is 9.54. The number of rotatable bonds is 6. The number of nitrogens with zero attached hydrogens (tertiary/aromatic N) is 1. The molecular weight excluding hydrogens is 273 g/mol. The molecule has 7 heteroatoms. The normalized spacial score (nSPS) is 11.6. The molecule has 0 amide bonds. The van der Waals surface area contributed by atoms with Crippen molar-refractivity contribution >= 4 is 0 Å². The third-order valence-corrected chi connectivity index (χ3v) is 2.42. The van der Waals surface area contributed by atoms with E-state index in [9.17, 15) is 13.2 Å². The van der Waals surface area contributed by atoms with Gasteiger partial charge in [0.2, 0.25) is 5.88 Å². The summed E-state index contributed by atoms with van der Waals surface area (Å²) in [4.78, 5) is 3.81. The Morgan fingerprint density at radius 2 is 2.05 bits per heavy atom. The zero-order chi connectivity index (χ0) is 14.4. The van der Waals surface area contributed by atoms with Gasteiger partial charge in [-0.2, -0.15) is 13.2 Å². The lowest BCUT2D eigenvalue weighted by atomic mass is 10.2. The summed E-state index contributed by atoms with van der Waals surface area (Å²) in [6, 6.07) is 6.87. The Bertz CT molecular complexity index is 527. The molecule has 0 aliphatic heterocycles. The average Bonchev–Trinajstić information content (AvgIpc) is 2.90. The molecule has 0 aliphatic carbocycles. The molecule has 0 radical (unpaired) electrons. The summed E-state index contributed by atoms with van der Waals surface area (Å²) < 4.78 is 46.2. The molecule has 1 N–H and O–H groups in total. The highest BCUT2D eigenvalue weighted by atomic mass is 19.4. The number of hydrogen-bond donors (Lipinski definition) is 1. The fraction of sp³-hybridized carbons (Fsp3) is 0.308. The molecule has 2 aromatic rings. The van der Waals surface area contributed by atoms with Crippen molar-refractivity contribution in [2.24, 2.45) is 0 Å². The van der Waals surface area contributed by atoms with Crippen LogP contribution in [0.2, 0.25) is 0 Å². The second kappa shape index (κ2) is 6.42. The lowest BCUT2D eigenvalue weighted by molar-refractivity contribution is -0.154. The van der Waals surface area contributed by atoms with Gasteiger partial charge in [0, 0.05) is 18.3 Å². The fourth-order valence-corrected chi connectivity index (χ4v) is 1.57. The Kier molecular flexibility index (Phi) is 4.62. The highest BCUT2D eigenvalue weighted by Gasteiger charge is 2.29. The number of hydrogen-bond acceptors (Lipinski definition) is 4. The SMILES string of the molecule is FC(F)(F)COc1ncccc1CNCc1ccco1. The van der Waals surface area contributed by atoms with E-state index in [1.54, 1.807) is 30.5 Å². The molecule has 0 saturated carbocycles. The van der Waals surface area contributed by atoms with Gasteiger partial charge in [-0.05, 0) is 18.2 Å². The van der Waals surface area contributed by atoms with Gasteiger partial charge in [-0.1, -0.05) is 6.07 Å². The standard InChI is InChI=1S/C13H13F3N2O2/c14-13(15,16)9-20-12-10(3-1-5-18-12)7-17-8-11-4-2-6-19-11/h1-6,17H,7-9H2. The molecule has 2 aromatic heterocycles. The van der Waals surface area contributed by atoms with E-state index in [0.717, 1.165) is 5.76 Å². The van der Waals surface area contributed by atoms with Gasteiger partial charge in [0.25, 0.3) is 0 Å². The minimum atomic E-state index is -4.38. The number of pyridine rings is 1. The van der Waals surface area contributed by atoms with Crippen molar-refractivity contribution in [2.45, 2.75) is 19.3 Å². The summed E-state index contributed by atoms with van der Waals surface area (Å²) in [6.45, 7) is -0.544. The van der Waals surface area contributed by atoms with Crippen LogP contribution in [0.3, 0.4) is 0 Å². The van der Waals surface area contributed by atoms with Crippen LogP contribution < -0.4 is 10.1 Å². The van der Waals surface area contributed by atoms with E-state index in [4.69, 9.17) is 4.42 Å². The highest BCUT2D eigenvalue weighted by Crippen LogP contribution is 2.19. The van der Waals surface area contributed by atoms with Gasteiger partial charge in [0.1, 0.15) is 5.76 Å². The summed E-state index contributed by atoms with van der Waals surface area (Å²) in [5, 5.41) is 3.05. The summed E-state index contributed by atoms with van der Waals surface area (Å²) >= 11 is 0. The number of alkyl halides is 3. The molecular formula is C13H13F3N2O2. The maximum absolute atomic E-state index is 12.1. The van der Waals surface area contributed by atoms with Crippen molar-refractivity contribution in [3.05, 3.63) is 48.0 Å². The zero-order valence-electron chi connectivity index (χ0n) is 10.5. The maximum atomic E-state index is 12.1. The number of ether oxygens (including phenoxy) is 1. The molecule has 0 aliphatic rings. The van der Waals surface area contributed by atoms with Gasteiger partial charge >= 0.3 is 6.18 Å². The van der Waals surface area contributed by atoms with E-state index < -0.39 is 12.8 Å². The molecule has 20 heavy (non-hydrogen) atoms. The molecule has 4 nitrogen and oxygen atoms in total. The second-order valence-corrected chi connectivity index (χ2v) is 4.05. The Balaban J connectivity index is 1.90. The predicted octanol–water partition coefficient (Wildman–Crippen LogP) is 2.91. The summed E-state index contributed by atoms with van der Waals surface area (Å²) in [6.07, 6.45) is -1.43. The molecule has 0 saturated heterocycles. The summed E-state index contributed by atoms with van der Waals surface area (Å²) in [5.74, 6) is 0.725. The number of aromatic nitrogens is 1. The Morgan fingerprint density at radius 1 is 1.20 bits per heavy atom. The maximum Gasteiger partial charge on any atom is 0.422 e. The van der Waals surface area contributed by atoms with Crippen LogP contribution in [0.5, 0.6) is 5.88 Å². The third kappa shape index (κ3) is 4.58. The minimum absolute atomic E-state index is 0.0169. The van der Waals surface area contributed by atoms with E-state index in [-0.39, 0.29) is 5.88 Å². The lowest BCUT2D eigenvalue weighted by Crippen LogP contribution is -2.21. The third-order valence-electron chi connectivity index (χ3n) is 2.42. The molecule has 0 unspecified atom stereocenters. The van der Waals surface area contributed by atoms with Crippen molar-refractivity contribution in [3.63, 3.8) is 0 Å². The van der Waals surface area contributed by atoms with Crippen LogP contribution in [0.25, 0.3) is 0 Å². The van der Waals surface area contributed by atoms with E-state index in [1.165, 1.54) is 6.20 Å². The molecule has 108 valence electrons. The van der Waals surface area contributed by atoms with E-state index in [2.05, 4.69) is 15.0 Å². The summed E-state index contributed by atoms with van der Waals surface area (Å²) in [5.41, 5.74) is 0.559. The molecule has 2 heterocycles. The lowest BCUT2D eigenvalue weighted by Gasteiger charge is -2.12. The molecule has 0 aromatic carbocycles. The molecule has 0 bridgehead atoms. The van der Waals surface area contributed by atoms with E-state index in [0.29, 0.717) is 18.7 Å².